The molecule has 1 unspecified atom stereocenters. The van der Waals surface area contributed by atoms with Crippen LogP contribution in [0, 0.1) is 5.82 Å². The number of amides is 2. The maximum absolute atomic E-state index is 13.0. The summed E-state index contributed by atoms with van der Waals surface area (Å²) >= 11 is 0. The van der Waals surface area contributed by atoms with Crippen LogP contribution in [0.2, 0.25) is 0 Å². The second kappa shape index (κ2) is 7.16. The third kappa shape index (κ3) is 4.44. The highest BCUT2D eigenvalue weighted by atomic mass is 19.4. The molecule has 5 nitrogen and oxygen atoms in total. The summed E-state index contributed by atoms with van der Waals surface area (Å²) in [5.74, 6) is -2.06. The van der Waals surface area contributed by atoms with Gasteiger partial charge in [0.2, 0.25) is 11.8 Å². The highest BCUT2D eigenvalue weighted by Gasteiger charge is 2.34. The van der Waals surface area contributed by atoms with Gasteiger partial charge in [0.25, 0.3) is 0 Å². The Hall–Kier alpha value is -2.16. The summed E-state index contributed by atoms with van der Waals surface area (Å²) in [5, 5.41) is 2.36. The van der Waals surface area contributed by atoms with Gasteiger partial charge >= 0.3 is 6.18 Å². The van der Waals surface area contributed by atoms with E-state index in [0.29, 0.717) is 19.0 Å². The molecule has 24 heavy (non-hydrogen) atoms. The predicted molar refractivity (Wildman–Crippen MR) is 77.0 cm³/mol. The van der Waals surface area contributed by atoms with Crippen LogP contribution in [-0.2, 0) is 22.3 Å². The topological polar surface area (TPSA) is 75.4 Å². The molecule has 0 spiro atoms. The number of nitrogens with one attached hydrogen (secondary N) is 1. The van der Waals surface area contributed by atoms with E-state index in [9.17, 15) is 27.2 Å². The third-order valence-corrected chi connectivity index (χ3v) is 3.89. The molecule has 1 aliphatic heterocycles. The normalized spacial score (nSPS) is 18.6. The number of benzene rings is 1. The van der Waals surface area contributed by atoms with E-state index < -0.39 is 35.4 Å². The monoisotopic (exact) mass is 347 g/mol. The van der Waals surface area contributed by atoms with Gasteiger partial charge in [0.1, 0.15) is 5.82 Å². The van der Waals surface area contributed by atoms with Gasteiger partial charge < -0.3 is 11.1 Å². The molecule has 0 radical (unpaired) electrons. The number of hydrogen-bond acceptors (Lipinski definition) is 3. The Morgan fingerprint density at radius 1 is 1.33 bits per heavy atom. The number of rotatable bonds is 5. The van der Waals surface area contributed by atoms with Crippen LogP contribution in [0.4, 0.5) is 17.6 Å². The Morgan fingerprint density at radius 3 is 2.67 bits per heavy atom. The number of hydrogen-bond donors (Lipinski definition) is 2. The first-order chi connectivity index (χ1) is 11.2. The van der Waals surface area contributed by atoms with Crippen molar-refractivity contribution in [3.8, 4) is 0 Å². The first-order valence-corrected chi connectivity index (χ1v) is 7.34. The van der Waals surface area contributed by atoms with Crippen LogP contribution < -0.4 is 11.1 Å². The molecule has 2 rings (SSSR count). The summed E-state index contributed by atoms with van der Waals surface area (Å²) in [5.41, 5.74) is 3.88. The van der Waals surface area contributed by atoms with Gasteiger partial charge in [-0.25, -0.2) is 4.39 Å². The van der Waals surface area contributed by atoms with Gasteiger partial charge in [-0.2, -0.15) is 13.2 Å². The van der Waals surface area contributed by atoms with E-state index in [-0.39, 0.29) is 18.7 Å². The summed E-state index contributed by atoms with van der Waals surface area (Å²) < 4.78 is 51.7. The molecule has 0 bridgehead atoms. The first kappa shape index (κ1) is 18.2. The van der Waals surface area contributed by atoms with Crippen molar-refractivity contribution in [2.75, 3.05) is 13.1 Å². The molecule has 1 aliphatic rings. The van der Waals surface area contributed by atoms with Gasteiger partial charge in [-0.15, -0.1) is 0 Å². The van der Waals surface area contributed by atoms with Gasteiger partial charge in [0, 0.05) is 6.54 Å². The molecule has 1 aromatic rings. The zero-order valence-corrected chi connectivity index (χ0v) is 12.7. The average molecular weight is 347 g/mol. The molecule has 0 aliphatic carbocycles. The third-order valence-electron chi connectivity index (χ3n) is 3.89. The van der Waals surface area contributed by atoms with Crippen LogP contribution in [0.25, 0.3) is 0 Å². The molecule has 132 valence electrons. The standard InChI is InChI=1S/C15H17F4N3O2/c16-10-4-3-9(11(6-10)15(17,18)19)7-21-13(23)8-22-5-1-2-12(22)14(20)24/h3-4,6,12H,1-2,5,7-8H2,(H2,20,24)(H,21,23). The van der Waals surface area contributed by atoms with Crippen molar-refractivity contribution >= 4 is 11.8 Å². The zero-order valence-electron chi connectivity index (χ0n) is 12.7. The van der Waals surface area contributed by atoms with Crippen molar-refractivity contribution in [1.82, 2.24) is 10.2 Å². The molecule has 1 fully saturated rings. The van der Waals surface area contributed by atoms with E-state index in [0.717, 1.165) is 18.6 Å². The summed E-state index contributed by atoms with van der Waals surface area (Å²) in [7, 11) is 0. The number of primary amides is 1. The Balaban J connectivity index is 1.98. The Labute approximate surface area is 135 Å². The number of halogens is 4. The van der Waals surface area contributed by atoms with Gasteiger partial charge in [-0.05, 0) is 37.1 Å². The molecule has 1 heterocycles. The fraction of sp³-hybridized carbons (Fsp3) is 0.467. The van der Waals surface area contributed by atoms with Crippen LogP contribution in [0.1, 0.15) is 24.0 Å². The van der Waals surface area contributed by atoms with Crippen molar-refractivity contribution in [1.29, 1.82) is 0 Å². The smallest absolute Gasteiger partial charge is 0.368 e. The van der Waals surface area contributed by atoms with Crippen LogP contribution in [0.5, 0.6) is 0 Å². The molecular weight excluding hydrogens is 330 g/mol. The lowest BCUT2D eigenvalue weighted by atomic mass is 10.1. The minimum absolute atomic E-state index is 0.129. The van der Waals surface area contributed by atoms with Gasteiger partial charge in [0.05, 0.1) is 18.2 Å². The van der Waals surface area contributed by atoms with Crippen molar-refractivity contribution in [2.45, 2.75) is 31.6 Å². The molecule has 3 N–H and O–H groups in total. The summed E-state index contributed by atoms with van der Waals surface area (Å²) in [6.45, 7) is 0.00453. The average Bonchev–Trinajstić information content (AvgIpc) is 2.93. The molecule has 9 heteroatoms. The van der Waals surface area contributed by atoms with Gasteiger partial charge in [-0.1, -0.05) is 6.07 Å². The fourth-order valence-electron chi connectivity index (χ4n) is 2.74. The summed E-state index contributed by atoms with van der Waals surface area (Å²) in [6, 6.07) is 1.75. The van der Waals surface area contributed by atoms with Crippen LogP contribution >= 0.6 is 0 Å². The van der Waals surface area contributed by atoms with E-state index in [2.05, 4.69) is 5.32 Å². The molecule has 2 amide bonds. The lowest BCUT2D eigenvalue weighted by Crippen LogP contribution is -2.45. The van der Waals surface area contributed by atoms with Crippen LogP contribution in [-0.4, -0.2) is 35.8 Å². The number of carbonyl (C=O) groups is 2. The molecular formula is C15H17F4N3O2. The van der Waals surface area contributed by atoms with E-state index in [1.165, 1.54) is 0 Å². The molecule has 1 atom stereocenters. The van der Waals surface area contributed by atoms with Crippen molar-refractivity contribution in [2.24, 2.45) is 5.73 Å². The fourth-order valence-corrected chi connectivity index (χ4v) is 2.74. The number of alkyl halides is 3. The van der Waals surface area contributed by atoms with Gasteiger partial charge in [-0.3, -0.25) is 14.5 Å². The van der Waals surface area contributed by atoms with Crippen molar-refractivity contribution in [3.63, 3.8) is 0 Å². The van der Waals surface area contributed by atoms with Crippen molar-refractivity contribution in [3.05, 3.63) is 35.1 Å². The maximum Gasteiger partial charge on any atom is 0.416 e. The van der Waals surface area contributed by atoms with E-state index >= 15 is 0 Å². The SMILES string of the molecule is NC(=O)C1CCCN1CC(=O)NCc1ccc(F)cc1C(F)(F)F. The van der Waals surface area contributed by atoms with Crippen LogP contribution in [0.15, 0.2) is 18.2 Å². The van der Waals surface area contributed by atoms with Crippen LogP contribution in [0.3, 0.4) is 0 Å². The lowest BCUT2D eigenvalue weighted by Gasteiger charge is -2.21. The zero-order chi connectivity index (χ0) is 17.9. The second-order valence-electron chi connectivity index (χ2n) is 5.61. The Kier molecular flexibility index (Phi) is 5.43. The highest BCUT2D eigenvalue weighted by Crippen LogP contribution is 2.32. The van der Waals surface area contributed by atoms with E-state index in [1.54, 1.807) is 4.90 Å². The predicted octanol–water partition coefficient (Wildman–Crippen LogP) is 1.41. The molecule has 0 saturated carbocycles. The first-order valence-electron chi connectivity index (χ1n) is 7.34. The van der Waals surface area contributed by atoms with E-state index in [4.69, 9.17) is 5.73 Å². The van der Waals surface area contributed by atoms with Crippen molar-refractivity contribution < 1.29 is 27.2 Å². The summed E-state index contributed by atoms with van der Waals surface area (Å²) in [4.78, 5) is 24.7. The number of likely N-dealkylation sites (tertiary alicyclic amines) is 1. The Morgan fingerprint density at radius 2 is 2.04 bits per heavy atom. The number of nitrogens with two attached hydrogens (primary N) is 1. The number of carbonyl (C=O) groups excluding carboxylic acids is 2. The lowest BCUT2D eigenvalue weighted by molar-refractivity contribution is -0.138. The molecule has 1 aromatic carbocycles. The molecule has 0 aromatic heterocycles. The summed E-state index contributed by atoms with van der Waals surface area (Å²) in [6.07, 6.45) is -3.44. The van der Waals surface area contributed by atoms with Gasteiger partial charge in [0.15, 0.2) is 0 Å². The quantitative estimate of drug-likeness (QED) is 0.791. The Bertz CT molecular complexity index is 634. The minimum atomic E-state index is -4.71. The number of nitrogens with zero attached hydrogens (tertiary/aromatic N) is 1. The molecule has 1 saturated heterocycles. The minimum Gasteiger partial charge on any atom is -0.368 e. The highest BCUT2D eigenvalue weighted by molar-refractivity contribution is 5.82. The largest absolute Gasteiger partial charge is 0.416 e. The maximum atomic E-state index is 13.0. The van der Waals surface area contributed by atoms with E-state index in [1.807, 2.05) is 0 Å². The second-order valence-corrected chi connectivity index (χ2v) is 5.61.